The molecule has 2 rings (SSSR count). The lowest BCUT2D eigenvalue weighted by Gasteiger charge is -2.18. The number of halogens is 2. The molecule has 0 radical (unpaired) electrons. The third kappa shape index (κ3) is 3.00. The summed E-state index contributed by atoms with van der Waals surface area (Å²) in [5.41, 5.74) is 0.893. The monoisotopic (exact) mass is 311 g/mol. The summed E-state index contributed by atoms with van der Waals surface area (Å²) in [6, 6.07) is 8.44. The van der Waals surface area contributed by atoms with Crippen molar-refractivity contribution in [1.29, 1.82) is 0 Å². The molecule has 0 aliphatic rings. The van der Waals surface area contributed by atoms with Gasteiger partial charge in [-0.2, -0.15) is 0 Å². The van der Waals surface area contributed by atoms with Crippen molar-refractivity contribution in [1.82, 2.24) is 10.2 Å². The molecule has 20 heavy (non-hydrogen) atoms. The number of rotatable bonds is 3. The predicted octanol–water partition coefficient (Wildman–Crippen LogP) is 3.07. The molecule has 0 spiro atoms. The van der Waals surface area contributed by atoms with Gasteiger partial charge >= 0.3 is 0 Å². The minimum atomic E-state index is -0.322. The summed E-state index contributed by atoms with van der Waals surface area (Å²) in [5, 5.41) is 7.32. The van der Waals surface area contributed by atoms with Crippen LogP contribution in [0.3, 0.4) is 0 Å². The van der Waals surface area contributed by atoms with E-state index in [1.807, 2.05) is 0 Å². The molecule has 0 bridgehead atoms. The van der Waals surface area contributed by atoms with Gasteiger partial charge in [-0.15, -0.1) is 10.2 Å². The Kier molecular flexibility index (Phi) is 4.42. The van der Waals surface area contributed by atoms with Crippen LogP contribution in [-0.2, 0) is 0 Å². The van der Waals surface area contributed by atoms with Crippen LogP contribution in [0, 0.1) is 0 Å². The molecule has 104 valence electrons. The molecule has 2 aromatic rings. The average molecular weight is 312 g/mol. The minimum absolute atomic E-state index is 0.0137. The van der Waals surface area contributed by atoms with Gasteiger partial charge in [0.05, 0.1) is 12.7 Å². The van der Waals surface area contributed by atoms with Crippen LogP contribution in [0.4, 0.5) is 5.69 Å². The van der Waals surface area contributed by atoms with E-state index in [4.69, 9.17) is 27.9 Å². The lowest BCUT2D eigenvalue weighted by atomic mass is 10.2. The highest BCUT2D eigenvalue weighted by atomic mass is 35.5. The Hall–Kier alpha value is -1.85. The van der Waals surface area contributed by atoms with Gasteiger partial charge in [0.1, 0.15) is 5.75 Å². The van der Waals surface area contributed by atoms with E-state index >= 15 is 0 Å². The predicted molar refractivity (Wildman–Crippen MR) is 77.8 cm³/mol. The van der Waals surface area contributed by atoms with Gasteiger partial charge in [-0.05, 0) is 30.3 Å². The molecule has 0 aliphatic carbocycles. The number of benzene rings is 1. The average Bonchev–Trinajstić information content (AvgIpc) is 2.48. The van der Waals surface area contributed by atoms with Crippen molar-refractivity contribution >= 4 is 34.8 Å². The second kappa shape index (κ2) is 6.07. The van der Waals surface area contributed by atoms with Gasteiger partial charge in [0, 0.05) is 12.7 Å². The zero-order valence-corrected chi connectivity index (χ0v) is 12.3. The lowest BCUT2D eigenvalue weighted by Crippen LogP contribution is -2.26. The molecule has 0 atom stereocenters. The molecule has 7 heteroatoms. The molecule has 1 amide bonds. The van der Waals surface area contributed by atoms with Crippen molar-refractivity contribution in [2.24, 2.45) is 0 Å². The van der Waals surface area contributed by atoms with E-state index in [1.165, 1.54) is 11.0 Å². The summed E-state index contributed by atoms with van der Waals surface area (Å²) in [5.74, 6) is 0.387. The SMILES string of the molecule is COc1ccc(N(C)C(=O)c2cc(Cl)nnc2Cl)cc1. The standard InChI is InChI=1S/C13H11Cl2N3O2/c1-18(8-3-5-9(20-2)6-4-8)13(19)10-7-11(14)16-17-12(10)15/h3-7H,1-2H3. The van der Waals surface area contributed by atoms with Gasteiger partial charge < -0.3 is 9.64 Å². The van der Waals surface area contributed by atoms with E-state index < -0.39 is 0 Å². The van der Waals surface area contributed by atoms with E-state index in [1.54, 1.807) is 38.4 Å². The maximum Gasteiger partial charge on any atom is 0.261 e. The summed E-state index contributed by atoms with van der Waals surface area (Å²) in [6.45, 7) is 0. The van der Waals surface area contributed by atoms with Crippen LogP contribution < -0.4 is 9.64 Å². The quantitative estimate of drug-likeness (QED) is 0.874. The molecular weight excluding hydrogens is 301 g/mol. The Labute approximate surface area is 126 Å². The zero-order valence-electron chi connectivity index (χ0n) is 10.8. The first-order valence-electron chi connectivity index (χ1n) is 5.63. The topological polar surface area (TPSA) is 55.3 Å². The van der Waals surface area contributed by atoms with Crippen LogP contribution in [0.1, 0.15) is 10.4 Å². The molecule has 0 unspecified atom stereocenters. The zero-order chi connectivity index (χ0) is 14.7. The number of hydrogen-bond donors (Lipinski definition) is 0. The maximum absolute atomic E-state index is 12.4. The highest BCUT2D eigenvalue weighted by molar-refractivity contribution is 6.34. The molecule has 1 aromatic carbocycles. The van der Waals surface area contributed by atoms with Crippen LogP contribution in [0.15, 0.2) is 30.3 Å². The fourth-order valence-corrected chi connectivity index (χ4v) is 1.93. The Morgan fingerprint density at radius 1 is 1.20 bits per heavy atom. The number of hydrogen-bond acceptors (Lipinski definition) is 4. The highest BCUT2D eigenvalue weighted by Crippen LogP contribution is 2.22. The second-order valence-corrected chi connectivity index (χ2v) is 4.68. The lowest BCUT2D eigenvalue weighted by molar-refractivity contribution is 0.0992. The first-order valence-corrected chi connectivity index (χ1v) is 6.39. The number of methoxy groups -OCH3 is 1. The van der Waals surface area contributed by atoms with Crippen LogP contribution in [0.2, 0.25) is 10.3 Å². The fraction of sp³-hybridized carbons (Fsp3) is 0.154. The summed E-state index contributed by atoms with van der Waals surface area (Å²) in [6.07, 6.45) is 0. The first kappa shape index (κ1) is 14.6. The maximum atomic E-state index is 12.4. The van der Waals surface area contributed by atoms with Crippen molar-refractivity contribution in [3.63, 3.8) is 0 Å². The molecule has 1 aromatic heterocycles. The van der Waals surface area contributed by atoms with E-state index in [0.717, 1.165) is 0 Å². The Balaban J connectivity index is 2.29. The van der Waals surface area contributed by atoms with Gasteiger partial charge in [0.15, 0.2) is 10.3 Å². The van der Waals surface area contributed by atoms with Crippen molar-refractivity contribution in [3.05, 3.63) is 46.2 Å². The molecule has 1 heterocycles. The molecular formula is C13H11Cl2N3O2. The van der Waals surface area contributed by atoms with Gasteiger partial charge in [-0.3, -0.25) is 4.79 Å². The molecule has 5 nitrogen and oxygen atoms in total. The van der Waals surface area contributed by atoms with Crippen molar-refractivity contribution in [3.8, 4) is 5.75 Å². The van der Waals surface area contributed by atoms with Crippen LogP contribution in [0.5, 0.6) is 5.75 Å². The largest absolute Gasteiger partial charge is 0.497 e. The van der Waals surface area contributed by atoms with Gasteiger partial charge in [0.25, 0.3) is 5.91 Å². The normalized spacial score (nSPS) is 10.2. The minimum Gasteiger partial charge on any atom is -0.497 e. The van der Waals surface area contributed by atoms with E-state index in [-0.39, 0.29) is 21.8 Å². The number of ether oxygens (including phenoxy) is 1. The smallest absolute Gasteiger partial charge is 0.261 e. The van der Waals surface area contributed by atoms with Gasteiger partial charge in [0.2, 0.25) is 0 Å². The summed E-state index contributed by atoms with van der Waals surface area (Å²) < 4.78 is 5.07. The molecule has 0 aliphatic heterocycles. The fourth-order valence-electron chi connectivity index (χ4n) is 1.61. The van der Waals surface area contributed by atoms with Gasteiger partial charge in [-0.1, -0.05) is 23.2 Å². The number of carbonyl (C=O) groups excluding carboxylic acids is 1. The van der Waals surface area contributed by atoms with Crippen molar-refractivity contribution < 1.29 is 9.53 Å². The van der Waals surface area contributed by atoms with E-state index in [9.17, 15) is 4.79 Å². The summed E-state index contributed by atoms with van der Waals surface area (Å²) >= 11 is 11.6. The van der Waals surface area contributed by atoms with Crippen LogP contribution >= 0.6 is 23.2 Å². The van der Waals surface area contributed by atoms with Crippen molar-refractivity contribution in [2.75, 3.05) is 19.1 Å². The van der Waals surface area contributed by atoms with E-state index in [0.29, 0.717) is 11.4 Å². The number of carbonyl (C=O) groups is 1. The third-order valence-electron chi connectivity index (χ3n) is 2.71. The van der Waals surface area contributed by atoms with Crippen LogP contribution in [0.25, 0.3) is 0 Å². The van der Waals surface area contributed by atoms with Crippen molar-refractivity contribution in [2.45, 2.75) is 0 Å². The Bertz CT molecular complexity index is 632. The number of nitrogens with zero attached hydrogens (tertiary/aromatic N) is 3. The Morgan fingerprint density at radius 2 is 1.85 bits per heavy atom. The highest BCUT2D eigenvalue weighted by Gasteiger charge is 2.18. The summed E-state index contributed by atoms with van der Waals surface area (Å²) in [4.78, 5) is 13.8. The molecule has 0 saturated carbocycles. The van der Waals surface area contributed by atoms with Gasteiger partial charge in [-0.25, -0.2) is 0 Å². The van der Waals surface area contributed by atoms with Crippen LogP contribution in [-0.4, -0.2) is 30.3 Å². The Morgan fingerprint density at radius 3 is 2.45 bits per heavy atom. The van der Waals surface area contributed by atoms with E-state index in [2.05, 4.69) is 10.2 Å². The molecule has 0 saturated heterocycles. The first-order chi connectivity index (χ1) is 9.52. The molecule has 0 fully saturated rings. The number of amides is 1. The third-order valence-corrected chi connectivity index (χ3v) is 3.18. The number of anilines is 1. The number of aromatic nitrogens is 2. The molecule has 0 N–H and O–H groups in total. The summed E-state index contributed by atoms with van der Waals surface area (Å²) in [7, 11) is 3.21. The second-order valence-electron chi connectivity index (χ2n) is 3.93.